The van der Waals surface area contributed by atoms with Crippen LogP contribution in [0.3, 0.4) is 0 Å². The fourth-order valence-electron chi connectivity index (χ4n) is 1.99. The highest BCUT2D eigenvalue weighted by Crippen LogP contribution is 2.23. The molecule has 1 aromatic heterocycles. The summed E-state index contributed by atoms with van der Waals surface area (Å²) in [4.78, 5) is 15.8. The van der Waals surface area contributed by atoms with Crippen LogP contribution in [0.25, 0.3) is 10.9 Å². The Kier molecular flexibility index (Phi) is 4.90. The summed E-state index contributed by atoms with van der Waals surface area (Å²) >= 11 is 0. The van der Waals surface area contributed by atoms with Gasteiger partial charge in [-0.3, -0.25) is 9.78 Å². The Bertz CT molecular complexity index is 599. The molecule has 1 aromatic carbocycles. The lowest BCUT2D eigenvalue weighted by atomic mass is 10.1. The number of aliphatic hydroxyl groups excluding tert-OH is 1. The van der Waals surface area contributed by atoms with Gasteiger partial charge in [0.05, 0.1) is 24.7 Å². The summed E-state index contributed by atoms with van der Waals surface area (Å²) in [6, 6.07) is 9.60. The zero-order valence-electron chi connectivity index (χ0n) is 11.4. The van der Waals surface area contributed by atoms with Gasteiger partial charge in [0.15, 0.2) is 0 Å². The zero-order valence-corrected chi connectivity index (χ0v) is 11.4. The largest absolute Gasteiger partial charge is 0.469 e. The quantitative estimate of drug-likeness (QED) is 0.620. The molecular formula is C15H18N2O3. The van der Waals surface area contributed by atoms with Crippen molar-refractivity contribution < 1.29 is 14.6 Å². The second-order valence-corrected chi connectivity index (χ2v) is 4.44. The van der Waals surface area contributed by atoms with Crippen molar-refractivity contribution in [2.45, 2.75) is 12.8 Å². The third kappa shape index (κ3) is 3.45. The fourth-order valence-corrected chi connectivity index (χ4v) is 1.99. The molecule has 2 rings (SSSR count). The number of esters is 1. The average molecular weight is 274 g/mol. The molecule has 1 heterocycles. The molecule has 0 saturated carbocycles. The van der Waals surface area contributed by atoms with Gasteiger partial charge in [-0.25, -0.2) is 0 Å². The van der Waals surface area contributed by atoms with E-state index in [1.165, 1.54) is 7.11 Å². The van der Waals surface area contributed by atoms with Crippen LogP contribution in [0.4, 0.5) is 5.69 Å². The Labute approximate surface area is 117 Å². The monoisotopic (exact) mass is 274 g/mol. The van der Waals surface area contributed by atoms with Gasteiger partial charge in [-0.05, 0) is 18.6 Å². The molecule has 0 atom stereocenters. The third-order valence-electron chi connectivity index (χ3n) is 2.97. The number of hydrogen-bond donors (Lipinski definition) is 2. The van der Waals surface area contributed by atoms with Gasteiger partial charge in [-0.1, -0.05) is 18.2 Å². The number of pyridine rings is 1. The van der Waals surface area contributed by atoms with Crippen molar-refractivity contribution in [1.82, 2.24) is 4.98 Å². The number of aromatic nitrogens is 1. The Morgan fingerprint density at radius 1 is 1.40 bits per heavy atom. The molecule has 0 fully saturated rings. The van der Waals surface area contributed by atoms with E-state index in [1.54, 1.807) is 0 Å². The first-order chi connectivity index (χ1) is 9.74. The van der Waals surface area contributed by atoms with E-state index < -0.39 is 0 Å². The zero-order chi connectivity index (χ0) is 14.4. The average Bonchev–Trinajstić information content (AvgIpc) is 2.47. The lowest BCUT2D eigenvalue weighted by Crippen LogP contribution is -2.09. The van der Waals surface area contributed by atoms with Gasteiger partial charge >= 0.3 is 5.97 Å². The summed E-state index contributed by atoms with van der Waals surface area (Å²) in [5.74, 6) is -0.311. The minimum absolute atomic E-state index is 0.144. The lowest BCUT2D eigenvalue weighted by molar-refractivity contribution is -0.139. The van der Waals surface area contributed by atoms with Crippen LogP contribution >= 0.6 is 0 Å². The molecule has 5 heteroatoms. The molecule has 0 radical (unpaired) electrons. The van der Waals surface area contributed by atoms with E-state index >= 15 is 0 Å². The molecular weight excluding hydrogens is 256 g/mol. The van der Waals surface area contributed by atoms with Crippen molar-refractivity contribution in [2.75, 3.05) is 25.6 Å². The van der Waals surface area contributed by atoms with Gasteiger partial charge in [0.25, 0.3) is 0 Å². The van der Waals surface area contributed by atoms with Crippen molar-refractivity contribution in [3.8, 4) is 0 Å². The number of aliphatic hydroxyl groups is 1. The number of nitrogens with one attached hydrogen (secondary N) is 1. The molecule has 0 saturated heterocycles. The number of carbonyl (C=O) groups is 1. The maximum Gasteiger partial charge on any atom is 0.311 e. The van der Waals surface area contributed by atoms with Gasteiger partial charge in [-0.2, -0.15) is 0 Å². The Balaban J connectivity index is 2.33. The molecule has 2 N–H and O–H groups in total. The minimum Gasteiger partial charge on any atom is -0.469 e. The van der Waals surface area contributed by atoms with Crippen LogP contribution in [0, 0.1) is 0 Å². The summed E-state index contributed by atoms with van der Waals surface area (Å²) in [6.45, 7) is 0.813. The Hall–Kier alpha value is -2.14. The van der Waals surface area contributed by atoms with Crippen LogP contribution in [0.15, 0.2) is 30.3 Å². The van der Waals surface area contributed by atoms with Crippen molar-refractivity contribution in [2.24, 2.45) is 0 Å². The number of carbonyl (C=O) groups excluding carboxylic acids is 1. The number of fused-ring (bicyclic) bond motifs is 1. The predicted molar refractivity (Wildman–Crippen MR) is 77.7 cm³/mol. The summed E-state index contributed by atoms with van der Waals surface area (Å²) in [7, 11) is 1.36. The molecule has 20 heavy (non-hydrogen) atoms. The van der Waals surface area contributed by atoms with Gasteiger partial charge in [0.1, 0.15) is 0 Å². The molecule has 0 aliphatic rings. The summed E-state index contributed by atoms with van der Waals surface area (Å²) in [5, 5.41) is 13.1. The second kappa shape index (κ2) is 6.86. The van der Waals surface area contributed by atoms with Gasteiger partial charge in [0.2, 0.25) is 0 Å². The number of anilines is 1. The Morgan fingerprint density at radius 2 is 2.20 bits per heavy atom. The molecule has 0 spiro atoms. The second-order valence-electron chi connectivity index (χ2n) is 4.44. The van der Waals surface area contributed by atoms with Crippen LogP contribution in [0.2, 0.25) is 0 Å². The highest BCUT2D eigenvalue weighted by Gasteiger charge is 2.09. The van der Waals surface area contributed by atoms with Crippen molar-refractivity contribution >= 4 is 22.6 Å². The van der Waals surface area contributed by atoms with E-state index in [1.807, 2.05) is 30.3 Å². The molecule has 0 unspecified atom stereocenters. The summed E-state index contributed by atoms with van der Waals surface area (Å²) < 4.78 is 4.67. The Morgan fingerprint density at radius 3 is 2.95 bits per heavy atom. The van der Waals surface area contributed by atoms with Crippen LogP contribution in [-0.4, -0.2) is 36.3 Å². The first-order valence-electron chi connectivity index (χ1n) is 6.55. The van der Waals surface area contributed by atoms with E-state index in [9.17, 15) is 4.79 Å². The maximum absolute atomic E-state index is 11.4. The van der Waals surface area contributed by atoms with Crippen LogP contribution < -0.4 is 5.32 Å². The summed E-state index contributed by atoms with van der Waals surface area (Å²) in [6.07, 6.45) is 0.818. The van der Waals surface area contributed by atoms with Crippen LogP contribution in [-0.2, 0) is 16.0 Å². The standard InChI is InChI=1S/C15H18N2O3/c1-20-15(19)10-11-9-14(16-7-4-8-18)12-5-2-3-6-13(12)17-11/h2-3,5-6,9,18H,4,7-8,10H2,1H3,(H,16,17). The first-order valence-corrected chi connectivity index (χ1v) is 6.55. The van der Waals surface area contributed by atoms with E-state index in [0.29, 0.717) is 18.7 Å². The highest BCUT2D eigenvalue weighted by atomic mass is 16.5. The number of rotatable bonds is 6. The molecule has 5 nitrogen and oxygen atoms in total. The maximum atomic E-state index is 11.4. The smallest absolute Gasteiger partial charge is 0.311 e. The molecule has 2 aromatic rings. The van der Waals surface area contributed by atoms with E-state index in [4.69, 9.17) is 5.11 Å². The molecule has 0 aliphatic carbocycles. The number of nitrogens with zero attached hydrogens (tertiary/aromatic N) is 1. The van der Waals surface area contributed by atoms with E-state index in [2.05, 4.69) is 15.0 Å². The molecule has 0 bridgehead atoms. The number of methoxy groups -OCH3 is 1. The summed E-state index contributed by atoms with van der Waals surface area (Å²) in [5.41, 5.74) is 2.42. The van der Waals surface area contributed by atoms with Gasteiger partial charge < -0.3 is 15.2 Å². The van der Waals surface area contributed by atoms with Crippen molar-refractivity contribution in [1.29, 1.82) is 0 Å². The first kappa shape index (κ1) is 14.3. The SMILES string of the molecule is COC(=O)Cc1cc(NCCCO)c2ccccc2n1. The molecule has 106 valence electrons. The topological polar surface area (TPSA) is 71.5 Å². The number of benzene rings is 1. The third-order valence-corrected chi connectivity index (χ3v) is 2.97. The molecule has 0 aliphatic heterocycles. The lowest BCUT2D eigenvalue weighted by Gasteiger charge is -2.11. The highest BCUT2D eigenvalue weighted by molar-refractivity contribution is 5.91. The van der Waals surface area contributed by atoms with Crippen LogP contribution in [0.5, 0.6) is 0 Å². The van der Waals surface area contributed by atoms with Gasteiger partial charge in [-0.15, -0.1) is 0 Å². The van der Waals surface area contributed by atoms with E-state index in [-0.39, 0.29) is 19.0 Å². The predicted octanol–water partition coefficient (Wildman–Crippen LogP) is 1.74. The minimum atomic E-state index is -0.311. The number of ether oxygens (including phenoxy) is 1. The van der Waals surface area contributed by atoms with Crippen molar-refractivity contribution in [3.63, 3.8) is 0 Å². The van der Waals surface area contributed by atoms with Crippen LogP contribution in [0.1, 0.15) is 12.1 Å². The fraction of sp³-hybridized carbons (Fsp3) is 0.333. The normalized spacial score (nSPS) is 10.5. The molecule has 0 amide bonds. The van der Waals surface area contributed by atoms with Gasteiger partial charge in [0, 0.05) is 24.2 Å². The van der Waals surface area contributed by atoms with E-state index in [0.717, 1.165) is 16.6 Å². The van der Waals surface area contributed by atoms with Crippen molar-refractivity contribution in [3.05, 3.63) is 36.0 Å². The number of hydrogen-bond acceptors (Lipinski definition) is 5. The number of para-hydroxylation sites is 1.